The smallest absolute Gasteiger partial charge is 0.346 e. The summed E-state index contributed by atoms with van der Waals surface area (Å²) in [4.78, 5) is 38.0. The molecule has 134 valence electrons. The Morgan fingerprint density at radius 2 is 1.39 bits per heavy atom. The maximum Gasteiger partial charge on any atom is 0.346 e. The summed E-state index contributed by atoms with van der Waals surface area (Å²) in [5.41, 5.74) is 2.35. The zero-order valence-corrected chi connectivity index (χ0v) is 15.3. The first kappa shape index (κ1) is 16.6. The summed E-state index contributed by atoms with van der Waals surface area (Å²) in [6, 6.07) is 22.0. The van der Waals surface area contributed by atoms with E-state index < -0.39 is 11.9 Å². The van der Waals surface area contributed by atoms with Gasteiger partial charge in [0.1, 0.15) is 0 Å². The van der Waals surface area contributed by atoms with Crippen molar-refractivity contribution in [1.29, 1.82) is 0 Å². The summed E-state index contributed by atoms with van der Waals surface area (Å²) >= 11 is 1.53. The van der Waals surface area contributed by atoms with Crippen LogP contribution in [-0.4, -0.2) is 11.9 Å². The molecule has 2 heterocycles. The van der Waals surface area contributed by atoms with Gasteiger partial charge < -0.3 is 4.74 Å². The number of hydrogen-bond acceptors (Lipinski definition) is 5. The van der Waals surface area contributed by atoms with Gasteiger partial charge in [0.15, 0.2) is 5.43 Å². The lowest BCUT2D eigenvalue weighted by atomic mass is 9.97. The Morgan fingerprint density at radius 1 is 0.679 bits per heavy atom. The Hall–Kier alpha value is -3.57. The van der Waals surface area contributed by atoms with Crippen molar-refractivity contribution in [1.82, 2.24) is 0 Å². The molecule has 0 unspecified atom stereocenters. The largest absolute Gasteiger partial charge is 0.386 e. The van der Waals surface area contributed by atoms with Crippen molar-refractivity contribution < 1.29 is 14.3 Å². The lowest BCUT2D eigenvalue weighted by molar-refractivity contribution is 0.0444. The molecule has 0 spiro atoms. The fourth-order valence-corrected chi connectivity index (χ4v) is 4.64. The van der Waals surface area contributed by atoms with E-state index >= 15 is 0 Å². The van der Waals surface area contributed by atoms with Gasteiger partial charge in [0.25, 0.3) is 0 Å². The van der Waals surface area contributed by atoms with Crippen molar-refractivity contribution in [3.63, 3.8) is 0 Å². The number of ether oxygens (including phenoxy) is 1. The fraction of sp³-hybridized carbons (Fsp3) is 0. The number of fused-ring (bicyclic) bond motifs is 2. The first-order chi connectivity index (χ1) is 13.6. The Morgan fingerprint density at radius 3 is 2.21 bits per heavy atom. The van der Waals surface area contributed by atoms with Crippen LogP contribution in [0.25, 0.3) is 31.7 Å². The van der Waals surface area contributed by atoms with Crippen LogP contribution in [0, 0.1) is 0 Å². The van der Waals surface area contributed by atoms with E-state index in [9.17, 15) is 14.4 Å². The summed E-state index contributed by atoms with van der Waals surface area (Å²) in [6.45, 7) is 0. The summed E-state index contributed by atoms with van der Waals surface area (Å²) in [5, 5.41) is 0.626. The topological polar surface area (TPSA) is 60.4 Å². The summed E-state index contributed by atoms with van der Waals surface area (Å²) in [5.74, 6) is -1.33. The van der Waals surface area contributed by atoms with Gasteiger partial charge in [0, 0.05) is 20.5 Å². The molecule has 0 bridgehead atoms. The highest BCUT2D eigenvalue weighted by atomic mass is 32.1. The van der Waals surface area contributed by atoms with Crippen LogP contribution in [-0.2, 0) is 4.74 Å². The standard InChI is InChI=1S/C23H12O4S/c24-20-16-8-4-5-9-18(16)28-21(13-6-2-1-3-7-13)19(20)14-10-11-15-17(12-14)23(26)27-22(15)25/h1-12H. The second-order valence-corrected chi connectivity index (χ2v) is 7.49. The van der Waals surface area contributed by atoms with Crippen molar-refractivity contribution in [2.75, 3.05) is 0 Å². The molecule has 5 rings (SSSR count). The Kier molecular flexibility index (Phi) is 3.70. The number of benzene rings is 3. The number of carbonyl (C=O) groups is 2. The molecule has 3 aromatic carbocycles. The molecule has 0 N–H and O–H groups in total. The van der Waals surface area contributed by atoms with Gasteiger partial charge in [-0.3, -0.25) is 4.79 Å². The SMILES string of the molecule is O=C1OC(=O)c2cc(-c3c(-c4ccccc4)sc4ccccc4c3=O)ccc21. The van der Waals surface area contributed by atoms with Gasteiger partial charge in [-0.05, 0) is 35.4 Å². The van der Waals surface area contributed by atoms with Crippen molar-refractivity contribution in [2.24, 2.45) is 0 Å². The van der Waals surface area contributed by atoms with Crippen LogP contribution in [0.5, 0.6) is 0 Å². The highest BCUT2D eigenvalue weighted by molar-refractivity contribution is 7.22. The van der Waals surface area contributed by atoms with Gasteiger partial charge in [-0.15, -0.1) is 11.3 Å². The van der Waals surface area contributed by atoms with E-state index in [0.29, 0.717) is 16.5 Å². The molecule has 0 radical (unpaired) electrons. The number of hydrogen-bond donors (Lipinski definition) is 0. The average molecular weight is 384 g/mol. The molecule has 0 atom stereocenters. The van der Waals surface area contributed by atoms with Crippen LogP contribution in [0.3, 0.4) is 0 Å². The molecule has 0 fully saturated rings. The van der Waals surface area contributed by atoms with Crippen molar-refractivity contribution >= 4 is 33.4 Å². The zero-order chi connectivity index (χ0) is 19.3. The minimum atomic E-state index is -0.681. The molecule has 0 amide bonds. The summed E-state index contributed by atoms with van der Waals surface area (Å²) in [7, 11) is 0. The molecule has 0 saturated carbocycles. The minimum absolute atomic E-state index is 0.106. The van der Waals surface area contributed by atoms with Crippen LogP contribution < -0.4 is 5.43 Å². The predicted molar refractivity (Wildman–Crippen MR) is 109 cm³/mol. The van der Waals surface area contributed by atoms with E-state index in [1.165, 1.54) is 11.3 Å². The molecule has 1 aliphatic rings. The third-order valence-electron chi connectivity index (χ3n) is 4.77. The molecule has 5 heteroatoms. The molecule has 0 aliphatic carbocycles. The molecular weight excluding hydrogens is 372 g/mol. The third kappa shape index (κ3) is 2.48. The lowest BCUT2D eigenvalue weighted by Crippen LogP contribution is -2.07. The molecule has 1 aliphatic heterocycles. The van der Waals surface area contributed by atoms with Gasteiger partial charge in [0.2, 0.25) is 0 Å². The molecule has 1 aromatic heterocycles. The molecule has 4 nitrogen and oxygen atoms in total. The van der Waals surface area contributed by atoms with E-state index in [0.717, 1.165) is 15.1 Å². The Labute approximate surface area is 163 Å². The summed E-state index contributed by atoms with van der Waals surface area (Å²) in [6.07, 6.45) is 0. The van der Waals surface area contributed by atoms with E-state index in [-0.39, 0.29) is 16.6 Å². The van der Waals surface area contributed by atoms with Crippen LogP contribution in [0.4, 0.5) is 0 Å². The molecular formula is C23H12O4S. The fourth-order valence-electron chi connectivity index (χ4n) is 3.44. The van der Waals surface area contributed by atoms with Crippen LogP contribution in [0.2, 0.25) is 0 Å². The van der Waals surface area contributed by atoms with E-state index in [4.69, 9.17) is 0 Å². The highest BCUT2D eigenvalue weighted by Gasteiger charge is 2.30. The van der Waals surface area contributed by atoms with Crippen LogP contribution in [0.15, 0.2) is 77.6 Å². The first-order valence-electron chi connectivity index (χ1n) is 8.65. The molecule has 4 aromatic rings. The van der Waals surface area contributed by atoms with Gasteiger partial charge in [-0.25, -0.2) is 9.59 Å². The normalized spacial score (nSPS) is 12.9. The Balaban J connectivity index is 1.86. The number of cyclic esters (lactones) is 2. The molecule has 28 heavy (non-hydrogen) atoms. The Bertz CT molecular complexity index is 1340. The third-order valence-corrected chi connectivity index (χ3v) is 5.99. The first-order valence-corrected chi connectivity index (χ1v) is 9.47. The van der Waals surface area contributed by atoms with E-state index in [1.54, 1.807) is 24.3 Å². The second-order valence-electron chi connectivity index (χ2n) is 6.43. The predicted octanol–water partition coefficient (Wildman–Crippen LogP) is 4.91. The molecule has 0 saturated heterocycles. The van der Waals surface area contributed by atoms with E-state index in [2.05, 4.69) is 4.74 Å². The van der Waals surface area contributed by atoms with Crippen LogP contribution >= 0.6 is 11.3 Å². The monoisotopic (exact) mass is 384 g/mol. The second kappa shape index (κ2) is 6.25. The summed E-state index contributed by atoms with van der Waals surface area (Å²) < 4.78 is 5.58. The van der Waals surface area contributed by atoms with Crippen LogP contribution in [0.1, 0.15) is 20.7 Å². The average Bonchev–Trinajstić information content (AvgIpc) is 3.02. The zero-order valence-electron chi connectivity index (χ0n) is 14.5. The van der Waals surface area contributed by atoms with E-state index in [1.807, 2.05) is 48.5 Å². The lowest BCUT2D eigenvalue weighted by Gasteiger charge is -2.11. The number of rotatable bonds is 2. The number of esters is 2. The highest BCUT2D eigenvalue weighted by Crippen LogP contribution is 2.37. The van der Waals surface area contributed by atoms with Gasteiger partial charge in [0.05, 0.1) is 11.1 Å². The quantitative estimate of drug-likeness (QED) is 0.364. The van der Waals surface area contributed by atoms with Crippen molar-refractivity contribution in [3.05, 3.63) is 94.1 Å². The van der Waals surface area contributed by atoms with Crippen molar-refractivity contribution in [2.45, 2.75) is 0 Å². The van der Waals surface area contributed by atoms with Gasteiger partial charge in [-0.1, -0.05) is 48.5 Å². The minimum Gasteiger partial charge on any atom is -0.386 e. The van der Waals surface area contributed by atoms with Crippen molar-refractivity contribution in [3.8, 4) is 21.6 Å². The van der Waals surface area contributed by atoms with Gasteiger partial charge in [-0.2, -0.15) is 0 Å². The maximum absolute atomic E-state index is 13.4. The maximum atomic E-state index is 13.4. The number of carbonyl (C=O) groups excluding carboxylic acids is 2. The van der Waals surface area contributed by atoms with Gasteiger partial charge >= 0.3 is 11.9 Å².